The third kappa shape index (κ3) is 4.31. The van der Waals surface area contributed by atoms with Crippen LogP contribution in [0.4, 0.5) is 16.2 Å². The normalized spacial score (nSPS) is 13.3. The van der Waals surface area contributed by atoms with E-state index in [-0.39, 0.29) is 18.4 Å². The number of carbonyl (C=O) groups excluding carboxylic acids is 3. The number of nitrogens with zero attached hydrogens (tertiary/aromatic N) is 1. The Kier molecular flexibility index (Phi) is 5.71. The van der Waals surface area contributed by atoms with Gasteiger partial charge in [0.1, 0.15) is 6.61 Å². The van der Waals surface area contributed by atoms with Crippen molar-refractivity contribution in [3.8, 4) is 0 Å². The fourth-order valence-electron chi connectivity index (χ4n) is 2.49. The number of rotatable bonds is 5. The Morgan fingerprint density at radius 3 is 2.69 bits per heavy atom. The fourth-order valence-corrected chi connectivity index (χ4v) is 3.12. The highest BCUT2D eigenvalue weighted by atomic mass is 127. The summed E-state index contributed by atoms with van der Waals surface area (Å²) in [6.07, 6.45) is -0.404. The minimum Gasteiger partial charge on any atom is -0.447 e. The molecule has 2 N–H and O–H groups in total. The van der Waals surface area contributed by atoms with Gasteiger partial charge in [-0.05, 0) is 52.9 Å². The van der Waals surface area contributed by atoms with E-state index in [4.69, 9.17) is 4.74 Å². The number of ether oxygens (including phenoxy) is 1. The lowest BCUT2D eigenvalue weighted by Crippen LogP contribution is -2.33. The first-order valence-corrected chi connectivity index (χ1v) is 8.99. The first-order valence-electron chi connectivity index (χ1n) is 7.91. The molecule has 26 heavy (non-hydrogen) atoms. The van der Waals surface area contributed by atoms with E-state index >= 15 is 0 Å². The van der Waals surface area contributed by atoms with Crippen LogP contribution in [0.5, 0.6) is 0 Å². The van der Waals surface area contributed by atoms with E-state index in [9.17, 15) is 14.4 Å². The lowest BCUT2D eigenvalue weighted by Gasteiger charge is -2.14. The summed E-state index contributed by atoms with van der Waals surface area (Å²) >= 11 is 2.07. The van der Waals surface area contributed by atoms with Gasteiger partial charge >= 0.3 is 6.09 Å². The van der Waals surface area contributed by atoms with Crippen LogP contribution in [0.1, 0.15) is 10.4 Å². The Hall–Kier alpha value is -2.62. The maximum atomic E-state index is 12.1. The molecular weight excluding hydrogens is 449 g/mol. The van der Waals surface area contributed by atoms with Crippen molar-refractivity contribution in [3.05, 3.63) is 57.7 Å². The molecule has 0 spiro atoms. The molecule has 0 bridgehead atoms. The largest absolute Gasteiger partial charge is 0.447 e. The quantitative estimate of drug-likeness (QED) is 0.665. The maximum absolute atomic E-state index is 12.1. The monoisotopic (exact) mass is 465 g/mol. The van der Waals surface area contributed by atoms with Crippen LogP contribution in [-0.4, -0.2) is 37.6 Å². The summed E-state index contributed by atoms with van der Waals surface area (Å²) < 4.78 is 5.72. The SMILES string of the molecule is O=C(CNC(=O)c1ccccc1I)Nc1cccc(N2CCOC2=O)c1. The van der Waals surface area contributed by atoms with Crippen molar-refractivity contribution in [2.24, 2.45) is 0 Å². The molecule has 7 nitrogen and oxygen atoms in total. The molecule has 3 amide bonds. The molecule has 1 saturated heterocycles. The van der Waals surface area contributed by atoms with Crippen LogP contribution in [-0.2, 0) is 9.53 Å². The zero-order valence-electron chi connectivity index (χ0n) is 13.7. The first kappa shape index (κ1) is 18.2. The summed E-state index contributed by atoms with van der Waals surface area (Å²) in [6.45, 7) is 0.668. The topological polar surface area (TPSA) is 87.7 Å². The molecule has 8 heteroatoms. The Morgan fingerprint density at radius 1 is 1.15 bits per heavy atom. The number of benzene rings is 2. The highest BCUT2D eigenvalue weighted by Gasteiger charge is 2.23. The van der Waals surface area contributed by atoms with Crippen LogP contribution in [0.25, 0.3) is 0 Å². The van der Waals surface area contributed by atoms with Crippen LogP contribution >= 0.6 is 22.6 Å². The third-order valence-corrected chi connectivity index (χ3v) is 4.67. The molecule has 0 atom stereocenters. The zero-order valence-corrected chi connectivity index (χ0v) is 15.9. The second kappa shape index (κ2) is 8.17. The number of hydrogen-bond donors (Lipinski definition) is 2. The van der Waals surface area contributed by atoms with Crippen molar-refractivity contribution in [3.63, 3.8) is 0 Å². The van der Waals surface area contributed by atoms with Gasteiger partial charge in [-0.25, -0.2) is 4.79 Å². The second-order valence-corrected chi connectivity index (χ2v) is 6.69. The van der Waals surface area contributed by atoms with Crippen LogP contribution in [0.2, 0.25) is 0 Å². The molecule has 1 aliphatic rings. The van der Waals surface area contributed by atoms with Crippen molar-refractivity contribution in [1.82, 2.24) is 5.32 Å². The maximum Gasteiger partial charge on any atom is 0.414 e. The predicted molar refractivity (Wildman–Crippen MR) is 105 cm³/mol. The lowest BCUT2D eigenvalue weighted by atomic mass is 10.2. The molecule has 0 saturated carbocycles. The minimum absolute atomic E-state index is 0.153. The number of amides is 3. The zero-order chi connectivity index (χ0) is 18.5. The van der Waals surface area contributed by atoms with Gasteiger partial charge < -0.3 is 15.4 Å². The van der Waals surface area contributed by atoms with Crippen LogP contribution < -0.4 is 15.5 Å². The molecule has 1 aliphatic heterocycles. The highest BCUT2D eigenvalue weighted by Crippen LogP contribution is 2.22. The summed E-state index contributed by atoms with van der Waals surface area (Å²) in [6, 6.07) is 14.0. The molecule has 134 valence electrons. The van der Waals surface area contributed by atoms with Crippen molar-refractivity contribution in [1.29, 1.82) is 0 Å². The second-order valence-electron chi connectivity index (χ2n) is 5.53. The molecule has 0 aromatic heterocycles. The Bertz CT molecular complexity index is 856. The van der Waals surface area contributed by atoms with Crippen molar-refractivity contribution < 1.29 is 19.1 Å². The summed E-state index contributed by atoms with van der Waals surface area (Å²) in [5, 5.41) is 5.30. The van der Waals surface area contributed by atoms with Gasteiger partial charge in [0.15, 0.2) is 0 Å². The number of halogens is 1. The Labute approximate surface area is 163 Å². The minimum atomic E-state index is -0.404. The van der Waals surface area contributed by atoms with Crippen LogP contribution in [0.15, 0.2) is 48.5 Å². The van der Waals surface area contributed by atoms with Gasteiger partial charge in [-0.15, -0.1) is 0 Å². The van der Waals surface area contributed by atoms with E-state index in [1.165, 1.54) is 4.90 Å². The summed E-state index contributed by atoms with van der Waals surface area (Å²) in [5.74, 6) is -0.663. The molecular formula is C18H16IN3O4. The van der Waals surface area contributed by atoms with Crippen molar-refractivity contribution in [2.45, 2.75) is 0 Å². The van der Waals surface area contributed by atoms with E-state index in [1.807, 2.05) is 12.1 Å². The molecule has 3 rings (SSSR count). The first-order chi connectivity index (χ1) is 12.5. The van der Waals surface area contributed by atoms with Crippen LogP contribution in [0, 0.1) is 3.57 Å². The van der Waals surface area contributed by atoms with Gasteiger partial charge in [-0.2, -0.15) is 0 Å². The lowest BCUT2D eigenvalue weighted by molar-refractivity contribution is -0.115. The highest BCUT2D eigenvalue weighted by molar-refractivity contribution is 14.1. The predicted octanol–water partition coefficient (Wildman–Crippen LogP) is 2.62. The standard InChI is InChI=1S/C18H16IN3O4/c19-15-7-2-1-6-14(15)17(24)20-11-16(23)21-12-4-3-5-13(10-12)22-8-9-26-18(22)25/h1-7,10H,8-9,11H2,(H,20,24)(H,21,23). The summed E-state index contributed by atoms with van der Waals surface area (Å²) in [4.78, 5) is 37.3. The van der Waals surface area contributed by atoms with Gasteiger partial charge in [0.05, 0.1) is 18.7 Å². The molecule has 2 aromatic carbocycles. The number of nitrogens with one attached hydrogen (secondary N) is 2. The number of hydrogen-bond acceptors (Lipinski definition) is 4. The average molecular weight is 465 g/mol. The number of anilines is 2. The third-order valence-electron chi connectivity index (χ3n) is 3.73. The summed E-state index contributed by atoms with van der Waals surface area (Å²) in [7, 11) is 0. The summed E-state index contributed by atoms with van der Waals surface area (Å²) in [5.41, 5.74) is 1.71. The van der Waals surface area contributed by atoms with E-state index in [2.05, 4.69) is 33.2 Å². The number of carbonyl (C=O) groups is 3. The molecule has 1 fully saturated rings. The molecule has 1 heterocycles. The van der Waals surface area contributed by atoms with Gasteiger partial charge in [0.2, 0.25) is 5.91 Å². The van der Waals surface area contributed by atoms with E-state index < -0.39 is 6.09 Å². The van der Waals surface area contributed by atoms with E-state index in [0.29, 0.717) is 30.1 Å². The molecule has 2 aromatic rings. The molecule has 0 aliphatic carbocycles. The Morgan fingerprint density at radius 2 is 1.96 bits per heavy atom. The van der Waals surface area contributed by atoms with Gasteiger partial charge in [-0.3, -0.25) is 14.5 Å². The van der Waals surface area contributed by atoms with Crippen molar-refractivity contribution in [2.75, 3.05) is 29.9 Å². The van der Waals surface area contributed by atoms with Crippen LogP contribution in [0.3, 0.4) is 0 Å². The molecule has 0 radical (unpaired) electrons. The van der Waals surface area contributed by atoms with Gasteiger partial charge in [0, 0.05) is 14.9 Å². The van der Waals surface area contributed by atoms with Gasteiger partial charge in [0.25, 0.3) is 5.91 Å². The van der Waals surface area contributed by atoms with Crippen molar-refractivity contribution >= 4 is 51.9 Å². The van der Waals surface area contributed by atoms with Gasteiger partial charge in [-0.1, -0.05) is 18.2 Å². The van der Waals surface area contributed by atoms with E-state index in [1.54, 1.807) is 36.4 Å². The number of cyclic esters (lactones) is 1. The Balaban J connectivity index is 1.57. The average Bonchev–Trinajstić information content (AvgIpc) is 3.06. The molecule has 0 unspecified atom stereocenters. The smallest absolute Gasteiger partial charge is 0.414 e. The van der Waals surface area contributed by atoms with E-state index in [0.717, 1.165) is 3.57 Å². The fraction of sp³-hybridized carbons (Fsp3) is 0.167.